The van der Waals surface area contributed by atoms with Crippen LogP contribution in [0.15, 0.2) is 12.4 Å². The average Bonchev–Trinajstić information content (AvgIpc) is 3.02. The summed E-state index contributed by atoms with van der Waals surface area (Å²) in [5.41, 5.74) is 0.902. The van der Waals surface area contributed by atoms with Crippen LogP contribution < -0.4 is 5.32 Å². The van der Waals surface area contributed by atoms with Gasteiger partial charge >= 0.3 is 0 Å². The predicted molar refractivity (Wildman–Crippen MR) is 69.5 cm³/mol. The Labute approximate surface area is 108 Å². The number of aromatic nitrogens is 2. The number of hydrogen-bond acceptors (Lipinski definition) is 4. The Morgan fingerprint density at radius 3 is 2.83 bits per heavy atom. The van der Waals surface area contributed by atoms with Crippen molar-refractivity contribution in [2.45, 2.75) is 25.4 Å². The summed E-state index contributed by atoms with van der Waals surface area (Å²) in [6.45, 7) is 0.907. The summed E-state index contributed by atoms with van der Waals surface area (Å²) in [7, 11) is 0.244. The molecule has 0 unspecified atom stereocenters. The number of nitrogens with zero attached hydrogens (tertiary/aromatic N) is 3. The lowest BCUT2D eigenvalue weighted by molar-refractivity contribution is 0.465. The molecule has 0 bridgehead atoms. The standard InChI is InChI=1S/C11H20N4O2S/c1-14-8-10(7-13-14)9-15(2)18(16,17)6-5-12-11-3-4-11/h7-8,11-12H,3-6,9H2,1-2H3. The molecule has 0 spiro atoms. The first-order valence-electron chi connectivity index (χ1n) is 6.12. The predicted octanol–water partition coefficient (Wildman–Crippen LogP) is -0.0663. The molecule has 1 aliphatic rings. The van der Waals surface area contributed by atoms with Gasteiger partial charge in [0.25, 0.3) is 0 Å². The Kier molecular flexibility index (Phi) is 4.04. The zero-order valence-corrected chi connectivity index (χ0v) is 11.7. The molecule has 0 radical (unpaired) electrons. The van der Waals surface area contributed by atoms with Crippen LogP contribution in [-0.2, 0) is 23.6 Å². The number of aryl methyl sites for hydroxylation is 1. The Hall–Kier alpha value is -0.920. The molecule has 0 aromatic carbocycles. The second-order valence-electron chi connectivity index (χ2n) is 4.82. The van der Waals surface area contributed by atoms with Crippen molar-refractivity contribution in [3.63, 3.8) is 0 Å². The van der Waals surface area contributed by atoms with Crippen molar-refractivity contribution in [1.29, 1.82) is 0 Å². The molecule has 1 fully saturated rings. The lowest BCUT2D eigenvalue weighted by Gasteiger charge is -2.16. The highest BCUT2D eigenvalue weighted by Gasteiger charge is 2.23. The molecular weight excluding hydrogens is 252 g/mol. The molecule has 0 saturated heterocycles. The highest BCUT2D eigenvalue weighted by atomic mass is 32.2. The van der Waals surface area contributed by atoms with E-state index in [0.717, 1.165) is 5.56 Å². The SMILES string of the molecule is CN(Cc1cnn(C)c1)S(=O)(=O)CCNC1CC1. The fourth-order valence-corrected chi connectivity index (χ4v) is 2.78. The molecule has 1 N–H and O–H groups in total. The summed E-state index contributed by atoms with van der Waals surface area (Å²) in [6.07, 6.45) is 5.86. The third kappa shape index (κ3) is 3.79. The van der Waals surface area contributed by atoms with E-state index in [4.69, 9.17) is 0 Å². The minimum atomic E-state index is -3.18. The Morgan fingerprint density at radius 1 is 1.56 bits per heavy atom. The van der Waals surface area contributed by atoms with Crippen molar-refractivity contribution in [3.05, 3.63) is 18.0 Å². The monoisotopic (exact) mass is 272 g/mol. The van der Waals surface area contributed by atoms with E-state index in [2.05, 4.69) is 10.4 Å². The zero-order valence-electron chi connectivity index (χ0n) is 10.8. The van der Waals surface area contributed by atoms with Gasteiger partial charge in [0, 0.05) is 45.0 Å². The maximum Gasteiger partial charge on any atom is 0.215 e. The molecule has 1 aliphatic carbocycles. The molecule has 1 aromatic rings. The van der Waals surface area contributed by atoms with Crippen LogP contribution in [-0.4, -0.2) is 47.9 Å². The van der Waals surface area contributed by atoms with Crippen molar-refractivity contribution in [1.82, 2.24) is 19.4 Å². The van der Waals surface area contributed by atoms with Gasteiger partial charge in [0.15, 0.2) is 0 Å². The van der Waals surface area contributed by atoms with Crippen LogP contribution in [0.1, 0.15) is 18.4 Å². The molecule has 18 heavy (non-hydrogen) atoms. The number of hydrogen-bond donors (Lipinski definition) is 1. The zero-order chi connectivity index (χ0) is 13.2. The van der Waals surface area contributed by atoms with Crippen molar-refractivity contribution in [3.8, 4) is 0 Å². The van der Waals surface area contributed by atoms with E-state index in [1.165, 1.54) is 17.1 Å². The van der Waals surface area contributed by atoms with Gasteiger partial charge in [-0.15, -0.1) is 0 Å². The van der Waals surface area contributed by atoms with Gasteiger partial charge in [-0.25, -0.2) is 12.7 Å². The van der Waals surface area contributed by atoms with Crippen LogP contribution in [0, 0.1) is 0 Å². The molecule has 102 valence electrons. The van der Waals surface area contributed by atoms with E-state index in [1.54, 1.807) is 17.9 Å². The van der Waals surface area contributed by atoms with Gasteiger partial charge in [0.1, 0.15) is 0 Å². The van der Waals surface area contributed by atoms with E-state index in [9.17, 15) is 8.42 Å². The van der Waals surface area contributed by atoms with Crippen LogP contribution in [0.3, 0.4) is 0 Å². The fourth-order valence-electron chi connectivity index (χ4n) is 1.74. The van der Waals surface area contributed by atoms with Gasteiger partial charge in [-0.05, 0) is 12.8 Å². The molecule has 2 rings (SSSR count). The third-order valence-corrected chi connectivity index (χ3v) is 4.81. The number of sulfonamides is 1. The van der Waals surface area contributed by atoms with Crippen LogP contribution in [0.5, 0.6) is 0 Å². The Balaban J connectivity index is 1.83. The van der Waals surface area contributed by atoms with E-state index in [1.807, 2.05) is 13.2 Å². The first-order valence-corrected chi connectivity index (χ1v) is 7.73. The minimum absolute atomic E-state index is 0.153. The van der Waals surface area contributed by atoms with Crippen LogP contribution in [0.2, 0.25) is 0 Å². The molecule has 0 aliphatic heterocycles. The van der Waals surface area contributed by atoms with E-state index >= 15 is 0 Å². The summed E-state index contributed by atoms with van der Waals surface area (Å²) in [5.74, 6) is 0.153. The molecule has 1 heterocycles. The van der Waals surface area contributed by atoms with E-state index in [0.29, 0.717) is 19.1 Å². The Bertz CT molecular complexity index is 493. The maximum atomic E-state index is 12.0. The molecule has 0 amide bonds. The van der Waals surface area contributed by atoms with Gasteiger partial charge in [0.05, 0.1) is 11.9 Å². The van der Waals surface area contributed by atoms with Crippen molar-refractivity contribution in [2.24, 2.45) is 7.05 Å². The summed E-state index contributed by atoms with van der Waals surface area (Å²) in [5, 5.41) is 7.24. The molecule has 0 atom stereocenters. The molecular formula is C11H20N4O2S. The summed E-state index contributed by atoms with van der Waals surface area (Å²) < 4.78 is 27.1. The van der Waals surface area contributed by atoms with Gasteiger partial charge in [-0.2, -0.15) is 5.10 Å². The molecule has 1 aromatic heterocycles. The third-order valence-electron chi connectivity index (χ3n) is 3.01. The number of rotatable bonds is 7. The molecule has 7 heteroatoms. The summed E-state index contributed by atoms with van der Waals surface area (Å²) in [4.78, 5) is 0. The van der Waals surface area contributed by atoms with E-state index in [-0.39, 0.29) is 5.75 Å². The van der Waals surface area contributed by atoms with E-state index < -0.39 is 10.0 Å². The second-order valence-corrected chi connectivity index (χ2v) is 7.02. The minimum Gasteiger partial charge on any atom is -0.313 e. The fraction of sp³-hybridized carbons (Fsp3) is 0.727. The number of nitrogens with one attached hydrogen (secondary N) is 1. The highest BCUT2D eigenvalue weighted by molar-refractivity contribution is 7.89. The van der Waals surface area contributed by atoms with Gasteiger partial charge in [-0.3, -0.25) is 4.68 Å². The van der Waals surface area contributed by atoms with Gasteiger partial charge in [-0.1, -0.05) is 0 Å². The van der Waals surface area contributed by atoms with Crippen molar-refractivity contribution >= 4 is 10.0 Å². The van der Waals surface area contributed by atoms with Crippen molar-refractivity contribution in [2.75, 3.05) is 19.3 Å². The van der Waals surface area contributed by atoms with Crippen LogP contribution >= 0.6 is 0 Å². The topological polar surface area (TPSA) is 67.2 Å². The van der Waals surface area contributed by atoms with Crippen LogP contribution in [0.25, 0.3) is 0 Å². The summed E-state index contributed by atoms with van der Waals surface area (Å²) in [6, 6.07) is 0.545. The average molecular weight is 272 g/mol. The summed E-state index contributed by atoms with van der Waals surface area (Å²) >= 11 is 0. The second kappa shape index (κ2) is 5.38. The lowest BCUT2D eigenvalue weighted by atomic mass is 10.4. The molecule has 1 saturated carbocycles. The smallest absolute Gasteiger partial charge is 0.215 e. The van der Waals surface area contributed by atoms with Crippen molar-refractivity contribution < 1.29 is 8.42 Å². The van der Waals surface area contributed by atoms with Gasteiger partial charge < -0.3 is 5.32 Å². The lowest BCUT2D eigenvalue weighted by Crippen LogP contribution is -2.33. The largest absolute Gasteiger partial charge is 0.313 e. The Morgan fingerprint density at radius 2 is 2.28 bits per heavy atom. The molecule has 6 nitrogen and oxygen atoms in total. The first-order chi connectivity index (χ1) is 8.47. The quantitative estimate of drug-likeness (QED) is 0.755. The highest BCUT2D eigenvalue weighted by Crippen LogP contribution is 2.18. The maximum absolute atomic E-state index is 12.0. The van der Waals surface area contributed by atoms with Gasteiger partial charge in [0.2, 0.25) is 10.0 Å². The van der Waals surface area contributed by atoms with Crippen LogP contribution in [0.4, 0.5) is 0 Å². The first kappa shape index (κ1) is 13.5. The normalized spacial score (nSPS) is 16.4.